The quantitative estimate of drug-likeness (QED) is 0.481. The standard InChI is InChI=1S/C10H17/c1-9(2)8-4-6-10(9,3)7-5-8/h6,8H,4-5,7H2,1-3H3/t8?,10-/m0/s1. The van der Waals surface area contributed by atoms with Crippen molar-refractivity contribution in [1.82, 2.24) is 0 Å². The molecule has 0 amide bonds. The van der Waals surface area contributed by atoms with Gasteiger partial charge in [-0.1, -0.05) is 20.8 Å². The Morgan fingerprint density at radius 2 is 2.00 bits per heavy atom. The van der Waals surface area contributed by atoms with E-state index in [9.17, 15) is 0 Å². The van der Waals surface area contributed by atoms with Gasteiger partial charge in [0.25, 0.3) is 0 Å². The first kappa shape index (κ1) is 6.69. The molecule has 0 nitrogen and oxygen atoms in total. The van der Waals surface area contributed by atoms with Crippen LogP contribution in [0.4, 0.5) is 0 Å². The van der Waals surface area contributed by atoms with Crippen molar-refractivity contribution in [2.45, 2.75) is 40.0 Å². The van der Waals surface area contributed by atoms with E-state index in [1.807, 2.05) is 0 Å². The zero-order valence-electron chi connectivity index (χ0n) is 7.28. The van der Waals surface area contributed by atoms with Crippen molar-refractivity contribution in [3.63, 3.8) is 0 Å². The highest BCUT2D eigenvalue weighted by atomic mass is 14.6. The van der Waals surface area contributed by atoms with Gasteiger partial charge in [0.05, 0.1) is 0 Å². The molecule has 10 heavy (non-hydrogen) atoms. The van der Waals surface area contributed by atoms with E-state index in [2.05, 4.69) is 27.2 Å². The summed E-state index contributed by atoms with van der Waals surface area (Å²) in [5.74, 6) is 0.998. The van der Waals surface area contributed by atoms with Crippen LogP contribution in [-0.4, -0.2) is 0 Å². The lowest BCUT2D eigenvalue weighted by atomic mass is 9.71. The topological polar surface area (TPSA) is 0 Å². The molecule has 57 valence electrons. The minimum Gasteiger partial charge on any atom is -0.0591 e. The molecule has 2 bridgehead atoms. The predicted molar refractivity (Wildman–Crippen MR) is 43.5 cm³/mol. The summed E-state index contributed by atoms with van der Waals surface area (Å²) in [6, 6.07) is 0. The molecule has 1 unspecified atom stereocenters. The third-order valence-corrected chi connectivity index (χ3v) is 4.36. The molecule has 2 aliphatic rings. The van der Waals surface area contributed by atoms with E-state index in [0.717, 1.165) is 5.92 Å². The number of fused-ring (bicyclic) bond motifs is 2. The van der Waals surface area contributed by atoms with Gasteiger partial charge in [0.15, 0.2) is 0 Å². The Labute approximate surface area is 64.0 Å². The second-order valence-electron chi connectivity index (χ2n) is 4.81. The lowest BCUT2D eigenvalue weighted by molar-refractivity contribution is 0.177. The minimum atomic E-state index is 0.581. The van der Waals surface area contributed by atoms with Crippen molar-refractivity contribution < 1.29 is 0 Å². The minimum absolute atomic E-state index is 0.581. The molecule has 0 aliphatic heterocycles. The van der Waals surface area contributed by atoms with Crippen molar-refractivity contribution in [3.8, 4) is 0 Å². The lowest BCUT2D eigenvalue weighted by Gasteiger charge is -2.34. The van der Waals surface area contributed by atoms with E-state index < -0.39 is 0 Å². The fourth-order valence-corrected chi connectivity index (χ4v) is 2.80. The first-order chi connectivity index (χ1) is 4.56. The van der Waals surface area contributed by atoms with Gasteiger partial charge in [-0.2, -0.15) is 0 Å². The Morgan fingerprint density at radius 1 is 1.30 bits per heavy atom. The molecule has 2 saturated carbocycles. The lowest BCUT2D eigenvalue weighted by Crippen LogP contribution is -2.26. The highest BCUT2D eigenvalue weighted by Crippen LogP contribution is 2.64. The molecule has 2 fully saturated rings. The normalized spacial score (nSPS) is 50.1. The van der Waals surface area contributed by atoms with Gasteiger partial charge in [0.2, 0.25) is 0 Å². The Bertz CT molecular complexity index is 145. The number of hydrogen-bond donors (Lipinski definition) is 0. The molecule has 0 spiro atoms. The summed E-state index contributed by atoms with van der Waals surface area (Å²) >= 11 is 0. The number of rotatable bonds is 0. The molecule has 0 aromatic heterocycles. The van der Waals surface area contributed by atoms with Gasteiger partial charge in [-0.3, -0.25) is 0 Å². The van der Waals surface area contributed by atoms with Crippen LogP contribution in [0, 0.1) is 23.2 Å². The third kappa shape index (κ3) is 0.538. The Hall–Kier alpha value is 0. The summed E-state index contributed by atoms with van der Waals surface area (Å²) in [5.41, 5.74) is 1.19. The van der Waals surface area contributed by atoms with E-state index in [1.165, 1.54) is 19.3 Å². The van der Waals surface area contributed by atoms with Crippen LogP contribution in [0.5, 0.6) is 0 Å². The fourth-order valence-electron chi connectivity index (χ4n) is 2.80. The van der Waals surface area contributed by atoms with Crippen molar-refractivity contribution in [2.24, 2.45) is 16.7 Å². The van der Waals surface area contributed by atoms with Crippen LogP contribution < -0.4 is 0 Å². The highest BCUT2D eigenvalue weighted by Gasteiger charge is 2.55. The molecular formula is C10H17. The zero-order chi connectivity index (χ0) is 7.41. The summed E-state index contributed by atoms with van der Waals surface area (Å²) < 4.78 is 0. The van der Waals surface area contributed by atoms with E-state index in [1.54, 1.807) is 0 Å². The van der Waals surface area contributed by atoms with Gasteiger partial charge in [0, 0.05) is 0 Å². The van der Waals surface area contributed by atoms with Crippen LogP contribution in [0.15, 0.2) is 0 Å². The van der Waals surface area contributed by atoms with Crippen LogP contribution in [0.1, 0.15) is 40.0 Å². The van der Waals surface area contributed by atoms with E-state index in [4.69, 9.17) is 0 Å². The number of hydrogen-bond acceptors (Lipinski definition) is 0. The smallest absolute Gasteiger partial charge is 0.0241 e. The Kier molecular flexibility index (Phi) is 1.07. The Balaban J connectivity index is 2.37. The molecule has 2 atom stereocenters. The van der Waals surface area contributed by atoms with Crippen LogP contribution in [-0.2, 0) is 0 Å². The highest BCUT2D eigenvalue weighted by molar-refractivity contribution is 5.14. The molecule has 0 aromatic rings. The van der Waals surface area contributed by atoms with E-state index in [0.29, 0.717) is 10.8 Å². The molecule has 0 aromatic carbocycles. The Morgan fingerprint density at radius 3 is 2.10 bits per heavy atom. The van der Waals surface area contributed by atoms with Crippen molar-refractivity contribution in [1.29, 1.82) is 0 Å². The average molecular weight is 137 g/mol. The molecule has 0 heterocycles. The molecule has 2 aliphatic carbocycles. The molecule has 0 saturated heterocycles. The predicted octanol–water partition coefficient (Wildman–Crippen LogP) is 3.04. The van der Waals surface area contributed by atoms with Crippen molar-refractivity contribution in [3.05, 3.63) is 6.42 Å². The fraction of sp³-hybridized carbons (Fsp3) is 0.900. The van der Waals surface area contributed by atoms with Gasteiger partial charge in [-0.25, -0.2) is 0 Å². The van der Waals surface area contributed by atoms with E-state index >= 15 is 0 Å². The summed E-state index contributed by atoms with van der Waals surface area (Å²) in [6.07, 6.45) is 6.84. The first-order valence-corrected chi connectivity index (χ1v) is 4.41. The molecule has 2 rings (SSSR count). The van der Waals surface area contributed by atoms with E-state index in [-0.39, 0.29) is 0 Å². The first-order valence-electron chi connectivity index (χ1n) is 4.41. The maximum Gasteiger partial charge on any atom is -0.0241 e. The molecule has 1 radical (unpaired) electrons. The average Bonchev–Trinajstić information content (AvgIpc) is 2.18. The maximum atomic E-state index is 2.56. The van der Waals surface area contributed by atoms with Gasteiger partial charge < -0.3 is 0 Å². The van der Waals surface area contributed by atoms with Gasteiger partial charge >= 0.3 is 0 Å². The zero-order valence-corrected chi connectivity index (χ0v) is 7.28. The molecule has 0 N–H and O–H groups in total. The SMILES string of the molecule is CC1(C)C2C[CH][C@@]1(C)CC2. The van der Waals surface area contributed by atoms with Crippen molar-refractivity contribution >= 4 is 0 Å². The van der Waals surface area contributed by atoms with Gasteiger partial charge in [-0.05, 0) is 42.4 Å². The monoisotopic (exact) mass is 137 g/mol. The van der Waals surface area contributed by atoms with Crippen LogP contribution in [0.25, 0.3) is 0 Å². The third-order valence-electron chi connectivity index (χ3n) is 4.36. The van der Waals surface area contributed by atoms with Crippen LogP contribution in [0.3, 0.4) is 0 Å². The largest absolute Gasteiger partial charge is 0.0591 e. The van der Waals surface area contributed by atoms with Crippen molar-refractivity contribution in [2.75, 3.05) is 0 Å². The van der Waals surface area contributed by atoms with Gasteiger partial charge in [-0.15, -0.1) is 0 Å². The second kappa shape index (κ2) is 1.60. The maximum absolute atomic E-state index is 2.56. The van der Waals surface area contributed by atoms with Gasteiger partial charge in [0.1, 0.15) is 0 Å². The molecular weight excluding hydrogens is 120 g/mol. The van der Waals surface area contributed by atoms with Crippen LogP contribution in [0.2, 0.25) is 0 Å². The summed E-state index contributed by atoms with van der Waals surface area (Å²) in [5, 5.41) is 0. The summed E-state index contributed by atoms with van der Waals surface area (Å²) in [7, 11) is 0. The second-order valence-corrected chi connectivity index (χ2v) is 4.81. The molecule has 0 heteroatoms. The summed E-state index contributed by atoms with van der Waals surface area (Å²) in [4.78, 5) is 0. The summed E-state index contributed by atoms with van der Waals surface area (Å²) in [6.45, 7) is 7.31. The van der Waals surface area contributed by atoms with Crippen LogP contribution >= 0.6 is 0 Å².